The van der Waals surface area contributed by atoms with Gasteiger partial charge in [0.15, 0.2) is 0 Å². The fraction of sp³-hybridized carbons (Fsp3) is 1.00. The van der Waals surface area contributed by atoms with Crippen LogP contribution in [-0.2, 0) is 0 Å². The number of rotatable bonds is 6. The molecule has 0 bridgehead atoms. The summed E-state index contributed by atoms with van der Waals surface area (Å²) < 4.78 is 0. The molecule has 82 valence electrons. The van der Waals surface area contributed by atoms with E-state index in [2.05, 4.69) is 27.7 Å². The van der Waals surface area contributed by atoms with Gasteiger partial charge in [-0.15, -0.1) is 0 Å². The molecule has 0 rings (SSSR count). The predicted octanol–water partition coefficient (Wildman–Crippen LogP) is 5.28. The largest absolute Gasteiger partial charge is 0.0683 e. The molecule has 0 heteroatoms. The zero-order chi connectivity index (χ0) is 10.7. The van der Waals surface area contributed by atoms with E-state index < -0.39 is 0 Å². The average molecular weight is 186 g/mol. The Morgan fingerprint density at radius 3 is 1.69 bits per heavy atom. The van der Waals surface area contributed by atoms with Crippen LogP contribution in [-0.4, -0.2) is 0 Å². The van der Waals surface area contributed by atoms with E-state index in [4.69, 9.17) is 0 Å². The summed E-state index contributed by atoms with van der Waals surface area (Å²) in [5.74, 6) is 1.84. The van der Waals surface area contributed by atoms with E-state index in [-0.39, 0.29) is 0 Å². The first kappa shape index (κ1) is 15.5. The fourth-order valence-electron chi connectivity index (χ4n) is 1.25. The van der Waals surface area contributed by atoms with Crippen LogP contribution >= 0.6 is 0 Å². The van der Waals surface area contributed by atoms with E-state index in [0.717, 1.165) is 11.8 Å². The van der Waals surface area contributed by atoms with Crippen molar-refractivity contribution in [1.29, 1.82) is 0 Å². The molecule has 0 N–H and O–H groups in total. The number of unbranched alkanes of at least 4 members (excludes halogenated alkanes) is 1. The molecular weight excluding hydrogens is 156 g/mol. The van der Waals surface area contributed by atoms with Crippen LogP contribution < -0.4 is 0 Å². The van der Waals surface area contributed by atoms with Crippen LogP contribution in [0, 0.1) is 11.8 Å². The van der Waals surface area contributed by atoms with E-state index >= 15 is 0 Å². The Balaban J connectivity index is 0. The Bertz CT molecular complexity index is 74.1. The molecule has 0 aliphatic carbocycles. The summed E-state index contributed by atoms with van der Waals surface area (Å²) in [5, 5.41) is 0. The summed E-state index contributed by atoms with van der Waals surface area (Å²) in [6.07, 6.45) is 7.07. The highest BCUT2D eigenvalue weighted by molar-refractivity contribution is 4.52. The third-order valence-corrected chi connectivity index (χ3v) is 2.43. The van der Waals surface area contributed by atoms with Gasteiger partial charge in [-0.3, -0.25) is 0 Å². The maximum Gasteiger partial charge on any atom is -0.0445 e. The van der Waals surface area contributed by atoms with Crippen molar-refractivity contribution in [3.05, 3.63) is 0 Å². The van der Waals surface area contributed by atoms with E-state index in [1.54, 1.807) is 0 Å². The van der Waals surface area contributed by atoms with Crippen LogP contribution in [0.5, 0.6) is 0 Å². The fourth-order valence-corrected chi connectivity index (χ4v) is 1.25. The van der Waals surface area contributed by atoms with Gasteiger partial charge in [0.05, 0.1) is 0 Å². The molecule has 0 radical (unpaired) electrons. The zero-order valence-corrected chi connectivity index (χ0v) is 10.7. The standard InChI is InChI=1S/C11H24.C2H6/c1-5-11(4)9-7-6-8-10(2)3;1-2/h10-11H,5-9H2,1-4H3;1-2H3. The molecule has 0 saturated heterocycles. The van der Waals surface area contributed by atoms with Gasteiger partial charge < -0.3 is 0 Å². The van der Waals surface area contributed by atoms with Crippen LogP contribution in [0.2, 0.25) is 0 Å². The summed E-state index contributed by atoms with van der Waals surface area (Å²) >= 11 is 0. The van der Waals surface area contributed by atoms with Crippen molar-refractivity contribution in [3.8, 4) is 0 Å². The van der Waals surface area contributed by atoms with Crippen LogP contribution in [0.4, 0.5) is 0 Å². The monoisotopic (exact) mass is 186 g/mol. The van der Waals surface area contributed by atoms with Crippen LogP contribution in [0.1, 0.15) is 73.6 Å². The molecule has 13 heavy (non-hydrogen) atoms. The third-order valence-electron chi connectivity index (χ3n) is 2.43. The lowest BCUT2D eigenvalue weighted by Crippen LogP contribution is -1.93. The number of hydrogen-bond acceptors (Lipinski definition) is 0. The molecule has 0 aromatic heterocycles. The highest BCUT2D eigenvalue weighted by atomic mass is 14.0. The summed E-state index contributed by atoms with van der Waals surface area (Å²) in [6.45, 7) is 13.3. The van der Waals surface area contributed by atoms with Crippen molar-refractivity contribution >= 4 is 0 Å². The van der Waals surface area contributed by atoms with Gasteiger partial charge in [0.25, 0.3) is 0 Å². The highest BCUT2D eigenvalue weighted by Gasteiger charge is 1.98. The van der Waals surface area contributed by atoms with Crippen molar-refractivity contribution in [3.63, 3.8) is 0 Å². The summed E-state index contributed by atoms with van der Waals surface area (Å²) in [6, 6.07) is 0. The van der Waals surface area contributed by atoms with Crippen molar-refractivity contribution < 1.29 is 0 Å². The van der Waals surface area contributed by atoms with Crippen molar-refractivity contribution in [2.45, 2.75) is 73.6 Å². The molecule has 0 nitrogen and oxygen atoms in total. The first-order chi connectivity index (χ1) is 6.16. The lowest BCUT2D eigenvalue weighted by atomic mass is 9.98. The predicted molar refractivity (Wildman–Crippen MR) is 64.1 cm³/mol. The van der Waals surface area contributed by atoms with Gasteiger partial charge >= 0.3 is 0 Å². The molecular formula is C13H30. The lowest BCUT2D eigenvalue weighted by Gasteiger charge is -2.08. The summed E-state index contributed by atoms with van der Waals surface area (Å²) in [5.41, 5.74) is 0. The molecule has 0 aliphatic rings. The zero-order valence-electron chi connectivity index (χ0n) is 10.7. The average Bonchev–Trinajstić information content (AvgIpc) is 2.15. The molecule has 1 atom stereocenters. The second-order valence-electron chi connectivity index (χ2n) is 4.19. The minimum absolute atomic E-state index is 0.895. The lowest BCUT2D eigenvalue weighted by molar-refractivity contribution is 0.454. The maximum atomic E-state index is 2.36. The third kappa shape index (κ3) is 14.8. The minimum atomic E-state index is 0.895. The molecule has 0 aromatic carbocycles. The van der Waals surface area contributed by atoms with Crippen molar-refractivity contribution in [2.75, 3.05) is 0 Å². The SMILES string of the molecule is CC.CCC(C)CCCCC(C)C. The molecule has 0 heterocycles. The Morgan fingerprint density at radius 2 is 1.31 bits per heavy atom. The molecule has 0 aromatic rings. The first-order valence-corrected chi connectivity index (χ1v) is 6.16. The second-order valence-corrected chi connectivity index (χ2v) is 4.19. The van der Waals surface area contributed by atoms with E-state index in [1.165, 1.54) is 32.1 Å². The number of hydrogen-bond donors (Lipinski definition) is 0. The normalized spacial score (nSPS) is 12.2. The molecule has 1 unspecified atom stereocenters. The van der Waals surface area contributed by atoms with Gasteiger partial charge in [-0.2, -0.15) is 0 Å². The van der Waals surface area contributed by atoms with Gasteiger partial charge in [-0.25, -0.2) is 0 Å². The quantitative estimate of drug-likeness (QED) is 0.495. The smallest absolute Gasteiger partial charge is 0.0445 e. The Labute approximate surface area is 86.1 Å². The van der Waals surface area contributed by atoms with E-state index in [1.807, 2.05) is 13.8 Å². The first-order valence-electron chi connectivity index (χ1n) is 6.16. The molecule has 0 saturated carbocycles. The molecule has 0 spiro atoms. The molecule has 0 aliphatic heterocycles. The topological polar surface area (TPSA) is 0 Å². The maximum absolute atomic E-state index is 2.36. The summed E-state index contributed by atoms with van der Waals surface area (Å²) in [4.78, 5) is 0. The van der Waals surface area contributed by atoms with Crippen LogP contribution in [0.15, 0.2) is 0 Å². The van der Waals surface area contributed by atoms with Crippen LogP contribution in [0.3, 0.4) is 0 Å². The molecule has 0 amide bonds. The van der Waals surface area contributed by atoms with Crippen molar-refractivity contribution in [1.82, 2.24) is 0 Å². The van der Waals surface area contributed by atoms with Gasteiger partial charge in [0, 0.05) is 0 Å². The van der Waals surface area contributed by atoms with E-state index in [9.17, 15) is 0 Å². The Hall–Kier alpha value is 0. The molecule has 0 fully saturated rings. The van der Waals surface area contributed by atoms with Gasteiger partial charge in [-0.1, -0.05) is 73.6 Å². The minimum Gasteiger partial charge on any atom is -0.0683 e. The summed E-state index contributed by atoms with van der Waals surface area (Å²) in [7, 11) is 0. The van der Waals surface area contributed by atoms with Gasteiger partial charge in [0.2, 0.25) is 0 Å². The second kappa shape index (κ2) is 12.0. The van der Waals surface area contributed by atoms with Gasteiger partial charge in [-0.05, 0) is 11.8 Å². The Morgan fingerprint density at radius 1 is 0.846 bits per heavy atom. The Kier molecular flexibility index (Phi) is 14.3. The van der Waals surface area contributed by atoms with Crippen LogP contribution in [0.25, 0.3) is 0 Å². The van der Waals surface area contributed by atoms with Gasteiger partial charge in [0.1, 0.15) is 0 Å². The van der Waals surface area contributed by atoms with E-state index in [0.29, 0.717) is 0 Å². The highest BCUT2D eigenvalue weighted by Crippen LogP contribution is 2.14. The van der Waals surface area contributed by atoms with Crippen molar-refractivity contribution in [2.24, 2.45) is 11.8 Å².